The first-order chi connectivity index (χ1) is 13.4. The van der Waals surface area contributed by atoms with E-state index in [0.717, 1.165) is 24.3 Å². The highest BCUT2D eigenvalue weighted by Crippen LogP contribution is 2.34. The van der Waals surface area contributed by atoms with Crippen LogP contribution in [0.3, 0.4) is 0 Å². The maximum Gasteiger partial charge on any atom is 0.305 e. The second kappa shape index (κ2) is 13.8. The molecule has 1 saturated carbocycles. The van der Waals surface area contributed by atoms with Gasteiger partial charge in [-0.3, -0.25) is 9.59 Å². The molecule has 0 aromatic heterocycles. The highest BCUT2D eigenvalue weighted by molar-refractivity contribution is 7.99. The third kappa shape index (κ3) is 8.81. The minimum Gasteiger partial charge on any atom is -0.469 e. The summed E-state index contributed by atoms with van der Waals surface area (Å²) in [7, 11) is 1.39. The van der Waals surface area contributed by atoms with Crippen LogP contribution in [0.2, 0.25) is 0 Å². The summed E-state index contributed by atoms with van der Waals surface area (Å²) in [5.41, 5.74) is 0. The molecule has 0 bridgehead atoms. The van der Waals surface area contributed by atoms with Gasteiger partial charge in [-0.1, -0.05) is 26.0 Å². The fourth-order valence-corrected chi connectivity index (χ4v) is 4.21. The molecule has 1 fully saturated rings. The number of rotatable bonds is 11. The molecule has 2 N–H and O–H groups in total. The average Bonchev–Trinajstić information content (AvgIpc) is 2.94. The molecule has 0 aromatic carbocycles. The lowest BCUT2D eigenvalue weighted by atomic mass is 9.90. The van der Waals surface area contributed by atoms with Crippen molar-refractivity contribution >= 4 is 23.5 Å². The molecule has 0 radical (unpaired) electrons. The Labute approximate surface area is 173 Å². The first-order valence-corrected chi connectivity index (χ1v) is 11.2. The summed E-state index contributed by atoms with van der Waals surface area (Å²) in [6, 6.07) is 0. The Balaban J connectivity index is 2.47. The predicted molar refractivity (Wildman–Crippen MR) is 113 cm³/mol. The number of carbonyl (C=O) groups is 2. The van der Waals surface area contributed by atoms with Crippen LogP contribution in [0.25, 0.3) is 0 Å². The van der Waals surface area contributed by atoms with Crippen molar-refractivity contribution in [1.29, 1.82) is 0 Å². The Bertz CT molecular complexity index is 577. The second-order valence-electron chi connectivity index (χ2n) is 7.27. The highest BCUT2D eigenvalue weighted by Gasteiger charge is 2.39. The summed E-state index contributed by atoms with van der Waals surface area (Å²) >= 11 is 1.71. The molecule has 5 nitrogen and oxygen atoms in total. The summed E-state index contributed by atoms with van der Waals surface area (Å²) in [4.78, 5) is 23.3. The number of hydrogen-bond acceptors (Lipinski definition) is 6. The summed E-state index contributed by atoms with van der Waals surface area (Å²) in [6.45, 7) is 3.93. The van der Waals surface area contributed by atoms with Gasteiger partial charge in [0.15, 0.2) is 0 Å². The molecule has 0 amide bonds. The Morgan fingerprint density at radius 3 is 2.82 bits per heavy atom. The van der Waals surface area contributed by atoms with E-state index >= 15 is 0 Å². The number of carbonyl (C=O) groups excluding carboxylic acids is 2. The lowest BCUT2D eigenvalue weighted by Crippen LogP contribution is -2.21. The number of ketones is 1. The zero-order valence-electron chi connectivity index (χ0n) is 17.2. The largest absolute Gasteiger partial charge is 0.469 e. The number of aliphatic hydroxyl groups excluding tert-OH is 2. The third-order valence-corrected chi connectivity index (χ3v) is 6.14. The molecule has 0 heterocycles. The van der Waals surface area contributed by atoms with Crippen LogP contribution >= 0.6 is 11.8 Å². The summed E-state index contributed by atoms with van der Waals surface area (Å²) in [6.07, 6.45) is 5.68. The van der Waals surface area contributed by atoms with Gasteiger partial charge >= 0.3 is 5.97 Å². The standard InChI is InChI=1S/C22H34O5S/c1-4-5-6-8-16(2)19(23)11-10-17-18(21(25)15-20(17)24)12-14-28-13-7-9-22(26)27-3/h10-11,16-20,23-24H,4,7-9,12-15H2,1-3H3/b11-10+/t16?,17-,18-,19?,20-/m1/s1. The average molecular weight is 411 g/mol. The number of Topliss-reactive ketones (excluding diaryl/α,β-unsaturated/α-hetero) is 1. The van der Waals surface area contributed by atoms with E-state index in [1.807, 2.05) is 19.9 Å². The van der Waals surface area contributed by atoms with Gasteiger partial charge in [-0.05, 0) is 30.3 Å². The fourth-order valence-electron chi connectivity index (χ4n) is 3.24. The van der Waals surface area contributed by atoms with E-state index in [4.69, 9.17) is 0 Å². The summed E-state index contributed by atoms with van der Waals surface area (Å²) < 4.78 is 4.61. The Hall–Kier alpha value is -1.29. The van der Waals surface area contributed by atoms with Crippen molar-refractivity contribution in [1.82, 2.24) is 0 Å². The smallest absolute Gasteiger partial charge is 0.305 e. The van der Waals surface area contributed by atoms with Crippen molar-refractivity contribution in [2.24, 2.45) is 17.8 Å². The van der Waals surface area contributed by atoms with Gasteiger partial charge in [-0.2, -0.15) is 11.8 Å². The van der Waals surface area contributed by atoms with Crippen molar-refractivity contribution in [2.75, 3.05) is 18.6 Å². The Morgan fingerprint density at radius 2 is 2.14 bits per heavy atom. The van der Waals surface area contributed by atoms with Gasteiger partial charge in [0, 0.05) is 37.5 Å². The van der Waals surface area contributed by atoms with Crippen LogP contribution in [0, 0.1) is 29.6 Å². The molecule has 6 heteroatoms. The predicted octanol–water partition coefficient (Wildman–Crippen LogP) is 2.99. The minimum absolute atomic E-state index is 0.00774. The Kier molecular flexibility index (Phi) is 12.2. The number of methoxy groups -OCH3 is 1. The molecular weight excluding hydrogens is 376 g/mol. The molecule has 1 rings (SSSR count). The zero-order chi connectivity index (χ0) is 20.9. The molecule has 1 aliphatic carbocycles. The maximum absolute atomic E-state index is 12.3. The molecule has 28 heavy (non-hydrogen) atoms. The molecule has 0 spiro atoms. The van der Waals surface area contributed by atoms with Gasteiger partial charge in [0.05, 0.1) is 19.3 Å². The van der Waals surface area contributed by atoms with E-state index in [1.54, 1.807) is 17.8 Å². The number of hydrogen-bond donors (Lipinski definition) is 2. The van der Waals surface area contributed by atoms with E-state index < -0.39 is 12.2 Å². The van der Waals surface area contributed by atoms with E-state index in [2.05, 4.69) is 16.6 Å². The van der Waals surface area contributed by atoms with Crippen LogP contribution in [-0.4, -0.2) is 52.8 Å². The summed E-state index contributed by atoms with van der Waals surface area (Å²) in [5.74, 6) is 7.14. The highest BCUT2D eigenvalue weighted by atomic mass is 32.2. The van der Waals surface area contributed by atoms with Crippen LogP contribution in [0.1, 0.15) is 52.4 Å². The maximum atomic E-state index is 12.3. The molecule has 0 aliphatic heterocycles. The van der Waals surface area contributed by atoms with Crippen LogP contribution in [0.4, 0.5) is 0 Å². The quantitative estimate of drug-likeness (QED) is 0.236. The van der Waals surface area contributed by atoms with Crippen molar-refractivity contribution < 1.29 is 24.5 Å². The monoisotopic (exact) mass is 410 g/mol. The lowest BCUT2D eigenvalue weighted by molar-refractivity contribution is -0.140. The van der Waals surface area contributed by atoms with Gasteiger partial charge in [-0.25, -0.2) is 0 Å². The van der Waals surface area contributed by atoms with E-state index in [0.29, 0.717) is 19.3 Å². The molecular formula is C22H34O5S. The first-order valence-electron chi connectivity index (χ1n) is 10.1. The van der Waals surface area contributed by atoms with Crippen LogP contribution in [0.5, 0.6) is 0 Å². The Morgan fingerprint density at radius 1 is 1.39 bits per heavy atom. The van der Waals surface area contributed by atoms with Gasteiger partial charge < -0.3 is 14.9 Å². The van der Waals surface area contributed by atoms with Gasteiger partial charge in [-0.15, -0.1) is 11.8 Å². The van der Waals surface area contributed by atoms with Crippen molar-refractivity contribution in [3.8, 4) is 11.8 Å². The topological polar surface area (TPSA) is 83.8 Å². The number of aliphatic hydroxyl groups is 2. The third-order valence-electron chi connectivity index (χ3n) is 5.04. The van der Waals surface area contributed by atoms with E-state index in [1.165, 1.54) is 7.11 Å². The second-order valence-corrected chi connectivity index (χ2v) is 8.49. The van der Waals surface area contributed by atoms with Gasteiger partial charge in [0.1, 0.15) is 5.78 Å². The molecule has 5 atom stereocenters. The molecule has 0 saturated heterocycles. The molecule has 0 aromatic rings. The first kappa shape index (κ1) is 24.7. The van der Waals surface area contributed by atoms with Gasteiger partial charge in [0.25, 0.3) is 0 Å². The van der Waals surface area contributed by atoms with Crippen LogP contribution in [-0.2, 0) is 14.3 Å². The minimum atomic E-state index is -0.680. The van der Waals surface area contributed by atoms with Crippen molar-refractivity contribution in [3.05, 3.63) is 12.2 Å². The normalized spacial score (nSPS) is 24.0. The van der Waals surface area contributed by atoms with Gasteiger partial charge in [0.2, 0.25) is 0 Å². The van der Waals surface area contributed by atoms with E-state index in [9.17, 15) is 19.8 Å². The summed E-state index contributed by atoms with van der Waals surface area (Å²) in [5, 5.41) is 20.5. The van der Waals surface area contributed by atoms with Crippen LogP contribution in [0.15, 0.2) is 12.2 Å². The molecule has 2 unspecified atom stereocenters. The van der Waals surface area contributed by atoms with E-state index in [-0.39, 0.29) is 35.9 Å². The number of esters is 1. The number of ether oxygens (including phenoxy) is 1. The van der Waals surface area contributed by atoms with Crippen molar-refractivity contribution in [3.63, 3.8) is 0 Å². The lowest BCUT2D eigenvalue weighted by Gasteiger charge is -2.19. The van der Waals surface area contributed by atoms with Crippen LogP contribution < -0.4 is 0 Å². The SMILES string of the molecule is CCC#CCC(C)C(O)/C=C/[C@H]1[C@H](O)CC(=O)[C@@H]1CCSCCCC(=O)OC. The molecule has 1 aliphatic rings. The van der Waals surface area contributed by atoms with Crippen molar-refractivity contribution in [2.45, 2.75) is 64.6 Å². The fraction of sp³-hybridized carbons (Fsp3) is 0.727. The zero-order valence-corrected chi connectivity index (χ0v) is 18.0. The molecule has 158 valence electrons. The number of thioether (sulfide) groups is 1.